The molecule has 3 heterocycles. The lowest BCUT2D eigenvalue weighted by molar-refractivity contribution is -0.122. The molecule has 1 saturated heterocycles. The van der Waals surface area contributed by atoms with Gasteiger partial charge in [-0.3, -0.25) is 4.79 Å². The molecule has 1 amide bonds. The summed E-state index contributed by atoms with van der Waals surface area (Å²) in [5.74, 6) is 0.668. The molecule has 4 rings (SSSR count). The maximum atomic E-state index is 14.3. The van der Waals surface area contributed by atoms with Gasteiger partial charge >= 0.3 is 0 Å². The number of nitrogens with zero attached hydrogens (tertiary/aromatic N) is 3. The molecule has 0 radical (unpaired) electrons. The summed E-state index contributed by atoms with van der Waals surface area (Å²) < 4.78 is 19.6. The van der Waals surface area contributed by atoms with Crippen LogP contribution in [0.3, 0.4) is 0 Å². The van der Waals surface area contributed by atoms with Gasteiger partial charge in [0, 0.05) is 6.54 Å². The molecule has 1 fully saturated rings. The number of aromatic nitrogens is 2. The molecule has 1 aromatic carbocycles. The maximum absolute atomic E-state index is 14.3. The summed E-state index contributed by atoms with van der Waals surface area (Å²) in [4.78, 5) is 22.9. The van der Waals surface area contributed by atoms with E-state index in [-0.39, 0.29) is 17.8 Å². The number of rotatable bonds is 4. The Kier molecular flexibility index (Phi) is 4.05. The number of benzene rings is 1. The molecule has 128 valence electrons. The summed E-state index contributed by atoms with van der Waals surface area (Å²) >= 11 is 0. The normalized spacial score (nSPS) is 17.2. The van der Waals surface area contributed by atoms with Crippen LogP contribution in [0.1, 0.15) is 18.6 Å². The lowest BCUT2D eigenvalue weighted by Gasteiger charge is -2.25. The van der Waals surface area contributed by atoms with Gasteiger partial charge in [-0.1, -0.05) is 6.07 Å². The molecular weight excluding hydrogens is 323 g/mol. The Balaban J connectivity index is 1.60. The molecular formula is C18H17FN4O2. The van der Waals surface area contributed by atoms with Crippen LogP contribution in [0.25, 0.3) is 10.9 Å². The van der Waals surface area contributed by atoms with Crippen molar-refractivity contribution < 1.29 is 13.6 Å². The van der Waals surface area contributed by atoms with E-state index in [4.69, 9.17) is 4.42 Å². The predicted molar refractivity (Wildman–Crippen MR) is 90.4 cm³/mol. The SMILES string of the molecule is O=C(NCc1ccco1)[C@H]1CCCN1c1ncnc2cccc(F)c12. The number of fused-ring (bicyclic) bond motifs is 1. The highest BCUT2D eigenvalue weighted by Gasteiger charge is 2.33. The summed E-state index contributed by atoms with van der Waals surface area (Å²) in [6.07, 6.45) is 4.52. The van der Waals surface area contributed by atoms with E-state index < -0.39 is 0 Å². The first-order chi connectivity index (χ1) is 12.2. The summed E-state index contributed by atoms with van der Waals surface area (Å²) in [5, 5.41) is 3.24. The van der Waals surface area contributed by atoms with Crippen LogP contribution in [0.2, 0.25) is 0 Å². The Morgan fingerprint density at radius 3 is 3.08 bits per heavy atom. The molecule has 0 aliphatic carbocycles. The molecule has 0 spiro atoms. The molecule has 1 aliphatic heterocycles. The minimum atomic E-state index is -0.382. The van der Waals surface area contributed by atoms with Crippen LogP contribution in [0.15, 0.2) is 47.3 Å². The lowest BCUT2D eigenvalue weighted by atomic mass is 10.1. The average molecular weight is 340 g/mol. The second-order valence-electron chi connectivity index (χ2n) is 5.98. The Hall–Kier alpha value is -2.96. The molecule has 1 aliphatic rings. The first-order valence-electron chi connectivity index (χ1n) is 8.20. The van der Waals surface area contributed by atoms with E-state index in [1.165, 1.54) is 12.4 Å². The number of carbonyl (C=O) groups excluding carboxylic acids is 1. The fourth-order valence-electron chi connectivity index (χ4n) is 3.27. The first-order valence-corrected chi connectivity index (χ1v) is 8.20. The van der Waals surface area contributed by atoms with Crippen LogP contribution < -0.4 is 10.2 Å². The molecule has 2 aromatic heterocycles. The summed E-state index contributed by atoms with van der Waals surface area (Å²) in [7, 11) is 0. The Morgan fingerprint density at radius 1 is 1.32 bits per heavy atom. The van der Waals surface area contributed by atoms with E-state index in [0.29, 0.717) is 42.0 Å². The summed E-state index contributed by atoms with van der Waals surface area (Å²) in [5.41, 5.74) is 0.534. The van der Waals surface area contributed by atoms with E-state index in [9.17, 15) is 9.18 Å². The van der Waals surface area contributed by atoms with E-state index in [0.717, 1.165) is 6.42 Å². The highest BCUT2D eigenvalue weighted by molar-refractivity contribution is 5.93. The number of nitrogens with one attached hydrogen (secondary N) is 1. The Bertz CT molecular complexity index is 892. The average Bonchev–Trinajstić information content (AvgIpc) is 3.31. The molecule has 0 saturated carbocycles. The fraction of sp³-hybridized carbons (Fsp3) is 0.278. The Morgan fingerprint density at radius 2 is 2.24 bits per heavy atom. The number of hydrogen-bond acceptors (Lipinski definition) is 5. The van der Waals surface area contributed by atoms with Gasteiger partial charge in [-0.05, 0) is 37.1 Å². The quantitative estimate of drug-likeness (QED) is 0.790. The lowest BCUT2D eigenvalue weighted by Crippen LogP contribution is -2.43. The van der Waals surface area contributed by atoms with Crippen LogP contribution >= 0.6 is 0 Å². The van der Waals surface area contributed by atoms with E-state index >= 15 is 0 Å². The van der Waals surface area contributed by atoms with E-state index in [1.807, 2.05) is 4.90 Å². The van der Waals surface area contributed by atoms with Gasteiger partial charge in [0.05, 0.1) is 23.7 Å². The number of halogens is 1. The highest BCUT2D eigenvalue weighted by Crippen LogP contribution is 2.31. The molecule has 0 unspecified atom stereocenters. The molecule has 3 aromatic rings. The van der Waals surface area contributed by atoms with Crippen LogP contribution in [0, 0.1) is 5.82 Å². The predicted octanol–water partition coefficient (Wildman–Crippen LogP) is 2.65. The van der Waals surface area contributed by atoms with Gasteiger partial charge in [-0.2, -0.15) is 0 Å². The van der Waals surface area contributed by atoms with Crippen LogP contribution in [-0.4, -0.2) is 28.5 Å². The third kappa shape index (κ3) is 2.93. The minimum absolute atomic E-state index is 0.114. The highest BCUT2D eigenvalue weighted by atomic mass is 19.1. The zero-order chi connectivity index (χ0) is 17.2. The number of carbonyl (C=O) groups is 1. The molecule has 1 atom stereocenters. The largest absolute Gasteiger partial charge is 0.467 e. The monoisotopic (exact) mass is 340 g/mol. The van der Waals surface area contributed by atoms with Crippen molar-refractivity contribution in [1.29, 1.82) is 0 Å². The van der Waals surface area contributed by atoms with Crippen LogP contribution in [-0.2, 0) is 11.3 Å². The topological polar surface area (TPSA) is 71.3 Å². The summed E-state index contributed by atoms with van der Waals surface area (Å²) in [6.45, 7) is 0.980. The van der Waals surface area contributed by atoms with Crippen LogP contribution in [0.5, 0.6) is 0 Å². The van der Waals surface area contributed by atoms with Crippen molar-refractivity contribution in [3.63, 3.8) is 0 Å². The van der Waals surface area contributed by atoms with Crippen molar-refractivity contribution in [3.8, 4) is 0 Å². The molecule has 25 heavy (non-hydrogen) atoms. The summed E-state index contributed by atoms with van der Waals surface area (Å²) in [6, 6.07) is 7.95. The number of furan rings is 1. The van der Waals surface area contributed by atoms with Gasteiger partial charge in [0.15, 0.2) is 0 Å². The van der Waals surface area contributed by atoms with E-state index in [1.54, 1.807) is 30.5 Å². The first kappa shape index (κ1) is 15.6. The van der Waals surface area contributed by atoms with Crippen molar-refractivity contribution >= 4 is 22.6 Å². The van der Waals surface area contributed by atoms with Crippen LogP contribution in [0.4, 0.5) is 10.2 Å². The van der Waals surface area contributed by atoms with Crippen molar-refractivity contribution in [2.45, 2.75) is 25.4 Å². The van der Waals surface area contributed by atoms with Gasteiger partial charge in [-0.15, -0.1) is 0 Å². The van der Waals surface area contributed by atoms with E-state index in [2.05, 4.69) is 15.3 Å². The zero-order valence-corrected chi connectivity index (χ0v) is 13.5. The number of anilines is 1. The molecule has 1 N–H and O–H groups in total. The van der Waals surface area contributed by atoms with Crippen molar-refractivity contribution in [2.24, 2.45) is 0 Å². The number of hydrogen-bond donors (Lipinski definition) is 1. The third-order valence-electron chi connectivity index (χ3n) is 4.44. The van der Waals surface area contributed by atoms with Gasteiger partial charge in [0.25, 0.3) is 0 Å². The Labute approximate surface area is 143 Å². The van der Waals surface area contributed by atoms with Gasteiger partial charge in [0.2, 0.25) is 5.91 Å². The fourth-order valence-corrected chi connectivity index (χ4v) is 3.27. The van der Waals surface area contributed by atoms with Gasteiger partial charge < -0.3 is 14.6 Å². The minimum Gasteiger partial charge on any atom is -0.467 e. The molecule has 7 heteroatoms. The zero-order valence-electron chi connectivity index (χ0n) is 13.5. The van der Waals surface area contributed by atoms with Crippen molar-refractivity contribution in [3.05, 3.63) is 54.5 Å². The standard InChI is InChI=1S/C18H17FN4O2/c19-13-5-1-6-14-16(13)17(22-11-21-14)23-8-2-7-15(23)18(24)20-10-12-4-3-9-25-12/h1,3-6,9,11,15H,2,7-8,10H2,(H,20,24)/t15-/m1/s1. The second kappa shape index (κ2) is 6.51. The molecule has 6 nitrogen and oxygen atoms in total. The van der Waals surface area contributed by atoms with Gasteiger partial charge in [-0.25, -0.2) is 14.4 Å². The van der Waals surface area contributed by atoms with Crippen molar-refractivity contribution in [1.82, 2.24) is 15.3 Å². The maximum Gasteiger partial charge on any atom is 0.243 e. The second-order valence-corrected chi connectivity index (χ2v) is 5.98. The van der Waals surface area contributed by atoms with Crippen molar-refractivity contribution in [2.75, 3.05) is 11.4 Å². The third-order valence-corrected chi connectivity index (χ3v) is 4.44. The van der Waals surface area contributed by atoms with Gasteiger partial charge in [0.1, 0.15) is 29.8 Å². The smallest absolute Gasteiger partial charge is 0.243 e. The number of amides is 1. The molecule has 0 bridgehead atoms.